The topological polar surface area (TPSA) is 44.2 Å². The Kier molecular flexibility index (Phi) is 2.97. The largest absolute Gasteiger partial charge is 0.486 e. The number of thiophene rings is 1. The van der Waals surface area contributed by atoms with Crippen molar-refractivity contribution in [3.8, 4) is 22.2 Å². The van der Waals surface area contributed by atoms with Crippen LogP contribution in [-0.4, -0.2) is 23.2 Å². The molecule has 6 heteroatoms. The molecule has 3 aromatic rings. The van der Waals surface area contributed by atoms with E-state index < -0.39 is 0 Å². The summed E-state index contributed by atoms with van der Waals surface area (Å²) in [5.74, 6) is 2.04. The van der Waals surface area contributed by atoms with Crippen LogP contribution >= 0.6 is 22.9 Å². The Labute approximate surface area is 130 Å². The van der Waals surface area contributed by atoms with E-state index in [1.807, 2.05) is 24.3 Å². The number of ether oxygens (including phenoxy) is 2. The summed E-state index contributed by atoms with van der Waals surface area (Å²) in [6, 6.07) is 7.76. The fourth-order valence-electron chi connectivity index (χ4n) is 2.29. The summed E-state index contributed by atoms with van der Waals surface area (Å²) in [5, 5.41) is 1.20. The highest BCUT2D eigenvalue weighted by Crippen LogP contribution is 2.37. The minimum atomic E-state index is 0.429. The van der Waals surface area contributed by atoms with Gasteiger partial charge in [-0.1, -0.05) is 11.6 Å². The molecule has 3 heterocycles. The van der Waals surface area contributed by atoms with Gasteiger partial charge in [0.15, 0.2) is 17.3 Å². The van der Waals surface area contributed by atoms with Gasteiger partial charge in [-0.2, -0.15) is 0 Å². The van der Waals surface area contributed by atoms with Gasteiger partial charge in [0.05, 0.1) is 10.4 Å². The lowest BCUT2D eigenvalue weighted by atomic mass is 10.2. The first-order chi connectivity index (χ1) is 10.2. The lowest BCUT2D eigenvalue weighted by Gasteiger charge is -2.18. The molecule has 0 saturated carbocycles. The van der Waals surface area contributed by atoms with Crippen LogP contribution in [0.25, 0.3) is 21.6 Å². The zero-order valence-electron chi connectivity index (χ0n) is 11.2. The number of fused-ring (bicyclic) bond motifs is 2. The third kappa shape index (κ3) is 2.22. The van der Waals surface area contributed by atoms with Crippen LogP contribution in [0, 0.1) is 6.92 Å². The number of halogens is 1. The van der Waals surface area contributed by atoms with E-state index in [4.69, 9.17) is 21.1 Å². The predicted molar refractivity (Wildman–Crippen MR) is 83.6 cm³/mol. The van der Waals surface area contributed by atoms with Gasteiger partial charge in [0.1, 0.15) is 18.4 Å². The number of rotatable bonds is 1. The van der Waals surface area contributed by atoms with E-state index in [0.29, 0.717) is 35.7 Å². The molecule has 0 bridgehead atoms. The van der Waals surface area contributed by atoms with Gasteiger partial charge in [0, 0.05) is 16.3 Å². The van der Waals surface area contributed by atoms with E-state index in [1.165, 1.54) is 4.88 Å². The van der Waals surface area contributed by atoms with Crippen molar-refractivity contribution in [3.63, 3.8) is 0 Å². The van der Waals surface area contributed by atoms with Crippen molar-refractivity contribution in [1.82, 2.24) is 9.97 Å². The summed E-state index contributed by atoms with van der Waals surface area (Å²) in [4.78, 5) is 11.2. The second-order valence-corrected chi connectivity index (χ2v) is 6.41. The zero-order chi connectivity index (χ0) is 14.4. The molecule has 4 nitrogen and oxygen atoms in total. The van der Waals surface area contributed by atoms with E-state index in [1.54, 1.807) is 11.3 Å². The number of aryl methyl sites for hydroxylation is 1. The fourth-order valence-corrected chi connectivity index (χ4v) is 3.33. The molecule has 0 spiro atoms. The number of benzene rings is 1. The molecule has 1 aromatic carbocycles. The summed E-state index contributed by atoms with van der Waals surface area (Å²) in [6.45, 7) is 3.15. The Morgan fingerprint density at radius 2 is 1.86 bits per heavy atom. The van der Waals surface area contributed by atoms with Crippen LogP contribution in [0.5, 0.6) is 11.5 Å². The molecule has 21 heavy (non-hydrogen) atoms. The van der Waals surface area contributed by atoms with Crippen LogP contribution in [0.4, 0.5) is 0 Å². The molecule has 106 valence electrons. The predicted octanol–water partition coefficient (Wildman–Crippen LogP) is 4.09. The molecule has 0 aliphatic carbocycles. The first-order valence-corrected chi connectivity index (χ1v) is 7.74. The maximum Gasteiger partial charge on any atom is 0.171 e. The first-order valence-electron chi connectivity index (χ1n) is 6.54. The van der Waals surface area contributed by atoms with E-state index in [-0.39, 0.29) is 0 Å². The van der Waals surface area contributed by atoms with Gasteiger partial charge in [0.2, 0.25) is 0 Å². The summed E-state index contributed by atoms with van der Waals surface area (Å²) in [5.41, 5.74) is 0.764. The molecule has 1 aliphatic heterocycles. The molecule has 4 rings (SSSR count). The van der Waals surface area contributed by atoms with Gasteiger partial charge in [0.25, 0.3) is 0 Å². The maximum absolute atomic E-state index is 6.32. The Balaban J connectivity index is 1.92. The highest BCUT2D eigenvalue weighted by atomic mass is 35.5. The van der Waals surface area contributed by atoms with Crippen LogP contribution in [0.3, 0.4) is 0 Å². The lowest BCUT2D eigenvalue weighted by molar-refractivity contribution is 0.172. The van der Waals surface area contributed by atoms with Crippen LogP contribution in [0.15, 0.2) is 24.3 Å². The van der Waals surface area contributed by atoms with Crippen LogP contribution < -0.4 is 9.47 Å². The van der Waals surface area contributed by atoms with Gasteiger partial charge in [-0.25, -0.2) is 9.97 Å². The highest BCUT2D eigenvalue weighted by Gasteiger charge is 2.16. The molecule has 1 aliphatic rings. The number of hydrogen-bond acceptors (Lipinski definition) is 5. The molecular weight excluding hydrogens is 308 g/mol. The van der Waals surface area contributed by atoms with Crippen molar-refractivity contribution < 1.29 is 9.47 Å². The van der Waals surface area contributed by atoms with Crippen molar-refractivity contribution in [2.45, 2.75) is 6.92 Å². The number of nitrogens with zero attached hydrogens (tertiary/aromatic N) is 2. The lowest BCUT2D eigenvalue weighted by Crippen LogP contribution is -2.15. The summed E-state index contributed by atoms with van der Waals surface area (Å²) >= 11 is 7.97. The summed E-state index contributed by atoms with van der Waals surface area (Å²) in [6.07, 6.45) is 0. The Bertz CT molecular complexity index is 847. The van der Waals surface area contributed by atoms with Gasteiger partial charge in [-0.15, -0.1) is 11.3 Å². The zero-order valence-corrected chi connectivity index (χ0v) is 12.8. The van der Waals surface area contributed by atoms with Crippen molar-refractivity contribution in [2.75, 3.05) is 13.2 Å². The molecule has 0 fully saturated rings. The molecule has 0 saturated heterocycles. The minimum absolute atomic E-state index is 0.429. The third-order valence-corrected chi connectivity index (χ3v) is 4.56. The van der Waals surface area contributed by atoms with Crippen molar-refractivity contribution in [3.05, 3.63) is 34.3 Å². The van der Waals surface area contributed by atoms with E-state index in [0.717, 1.165) is 15.8 Å². The smallest absolute Gasteiger partial charge is 0.171 e. The molecule has 2 aromatic heterocycles. The van der Waals surface area contributed by atoms with Crippen molar-refractivity contribution >= 4 is 33.8 Å². The number of hydrogen-bond donors (Lipinski definition) is 0. The van der Waals surface area contributed by atoms with Gasteiger partial charge in [-0.3, -0.25) is 0 Å². The minimum Gasteiger partial charge on any atom is -0.486 e. The summed E-state index contributed by atoms with van der Waals surface area (Å²) < 4.78 is 11.2. The average molecular weight is 319 g/mol. The normalized spacial score (nSPS) is 13.6. The van der Waals surface area contributed by atoms with Crippen LogP contribution in [0.1, 0.15) is 4.88 Å². The molecule has 0 atom stereocenters. The SMILES string of the molecule is Cc1ccc(-c2nc(Cl)c3cc4c(cc3n2)OCCO4)s1. The Morgan fingerprint density at radius 3 is 2.57 bits per heavy atom. The monoisotopic (exact) mass is 318 g/mol. The molecule has 0 unspecified atom stereocenters. The van der Waals surface area contributed by atoms with Crippen molar-refractivity contribution in [2.24, 2.45) is 0 Å². The molecule has 0 N–H and O–H groups in total. The van der Waals surface area contributed by atoms with Gasteiger partial charge >= 0.3 is 0 Å². The standard InChI is InChI=1S/C15H11ClN2O2S/c1-8-2-3-13(21-8)15-17-10-7-12-11(19-4-5-20-12)6-9(10)14(16)18-15/h2-3,6-7H,4-5H2,1H3. The van der Waals surface area contributed by atoms with Crippen LogP contribution in [-0.2, 0) is 0 Å². The van der Waals surface area contributed by atoms with Crippen molar-refractivity contribution in [1.29, 1.82) is 0 Å². The molecule has 0 amide bonds. The quantitative estimate of drug-likeness (QED) is 0.634. The second-order valence-electron chi connectivity index (χ2n) is 4.76. The van der Waals surface area contributed by atoms with E-state index in [2.05, 4.69) is 16.9 Å². The maximum atomic E-state index is 6.32. The highest BCUT2D eigenvalue weighted by molar-refractivity contribution is 7.15. The van der Waals surface area contributed by atoms with Crippen LogP contribution in [0.2, 0.25) is 5.15 Å². The van der Waals surface area contributed by atoms with Gasteiger partial charge < -0.3 is 9.47 Å². The number of aromatic nitrogens is 2. The van der Waals surface area contributed by atoms with E-state index >= 15 is 0 Å². The molecule has 0 radical (unpaired) electrons. The first kappa shape index (κ1) is 12.9. The average Bonchev–Trinajstić information content (AvgIpc) is 2.92. The fraction of sp³-hybridized carbons (Fsp3) is 0.200. The van der Waals surface area contributed by atoms with Gasteiger partial charge in [-0.05, 0) is 25.1 Å². The second kappa shape index (κ2) is 4.86. The molecular formula is C15H11ClN2O2S. The third-order valence-electron chi connectivity index (χ3n) is 3.27. The summed E-state index contributed by atoms with van der Waals surface area (Å²) in [7, 11) is 0. The Hall–Kier alpha value is -1.85. The van der Waals surface area contributed by atoms with E-state index in [9.17, 15) is 0 Å². The Morgan fingerprint density at radius 1 is 1.10 bits per heavy atom.